The predicted molar refractivity (Wildman–Crippen MR) is 74.4 cm³/mol. The van der Waals surface area contributed by atoms with E-state index in [0.29, 0.717) is 5.92 Å². The summed E-state index contributed by atoms with van der Waals surface area (Å²) in [6.07, 6.45) is 6.96. The Hall–Kier alpha value is -1.62. The molecule has 1 atom stereocenters. The van der Waals surface area contributed by atoms with E-state index in [4.69, 9.17) is 5.11 Å². The Morgan fingerprint density at radius 2 is 2.37 bits per heavy atom. The molecule has 2 aromatic rings. The Morgan fingerprint density at radius 3 is 3.21 bits per heavy atom. The van der Waals surface area contributed by atoms with E-state index in [-0.39, 0.29) is 6.61 Å². The van der Waals surface area contributed by atoms with Crippen molar-refractivity contribution in [3.63, 3.8) is 0 Å². The van der Waals surface area contributed by atoms with E-state index < -0.39 is 0 Å². The first-order valence-corrected chi connectivity index (χ1v) is 6.94. The lowest BCUT2D eigenvalue weighted by molar-refractivity contribution is 0.244. The minimum atomic E-state index is 0.280. The molecule has 3 heterocycles. The lowest BCUT2D eigenvalue weighted by Gasteiger charge is -2.33. The predicted octanol–water partition coefficient (Wildman–Crippen LogP) is 1.64. The van der Waals surface area contributed by atoms with Crippen LogP contribution in [0.5, 0.6) is 0 Å². The zero-order valence-electron chi connectivity index (χ0n) is 11.3. The van der Waals surface area contributed by atoms with Gasteiger partial charge in [0.2, 0.25) is 0 Å². The maximum absolute atomic E-state index is 9.10. The van der Waals surface area contributed by atoms with Crippen LogP contribution in [0.25, 0.3) is 5.52 Å². The number of piperidine rings is 1. The van der Waals surface area contributed by atoms with Crippen LogP contribution in [0.3, 0.4) is 0 Å². The SMILES string of the molecule is Cc1cc2c(N3CCCC(CCO)C3)nccn2n1. The summed E-state index contributed by atoms with van der Waals surface area (Å²) in [6.45, 7) is 4.31. The zero-order valence-corrected chi connectivity index (χ0v) is 11.3. The summed E-state index contributed by atoms with van der Waals surface area (Å²) < 4.78 is 1.90. The summed E-state index contributed by atoms with van der Waals surface area (Å²) in [5.41, 5.74) is 2.09. The van der Waals surface area contributed by atoms with Crippen molar-refractivity contribution in [1.29, 1.82) is 0 Å². The molecule has 1 unspecified atom stereocenters. The lowest BCUT2D eigenvalue weighted by atomic mass is 9.95. The summed E-state index contributed by atoms with van der Waals surface area (Å²) in [5.74, 6) is 1.59. The Labute approximate surface area is 112 Å². The van der Waals surface area contributed by atoms with E-state index in [1.807, 2.05) is 23.8 Å². The van der Waals surface area contributed by atoms with Gasteiger partial charge in [0, 0.05) is 32.1 Å². The molecule has 19 heavy (non-hydrogen) atoms. The van der Waals surface area contributed by atoms with Crippen molar-refractivity contribution in [1.82, 2.24) is 14.6 Å². The van der Waals surface area contributed by atoms with E-state index in [1.165, 1.54) is 12.8 Å². The Bertz CT molecular complexity index is 564. The molecule has 0 bridgehead atoms. The fourth-order valence-corrected chi connectivity index (χ4v) is 2.95. The van der Waals surface area contributed by atoms with Gasteiger partial charge < -0.3 is 10.0 Å². The molecule has 0 aromatic carbocycles. The van der Waals surface area contributed by atoms with Gasteiger partial charge in [0.05, 0.1) is 5.69 Å². The number of aryl methyl sites for hydroxylation is 1. The molecule has 5 heteroatoms. The number of nitrogens with zero attached hydrogens (tertiary/aromatic N) is 4. The molecule has 0 spiro atoms. The van der Waals surface area contributed by atoms with Crippen LogP contribution in [-0.4, -0.2) is 39.4 Å². The maximum atomic E-state index is 9.10. The van der Waals surface area contributed by atoms with Gasteiger partial charge in [0.15, 0.2) is 5.82 Å². The Morgan fingerprint density at radius 1 is 1.47 bits per heavy atom. The Kier molecular flexibility index (Phi) is 3.38. The van der Waals surface area contributed by atoms with Crippen LogP contribution in [0.15, 0.2) is 18.5 Å². The van der Waals surface area contributed by atoms with Gasteiger partial charge in [0.1, 0.15) is 5.52 Å². The highest BCUT2D eigenvalue weighted by molar-refractivity contribution is 5.69. The third kappa shape index (κ3) is 2.42. The van der Waals surface area contributed by atoms with Crippen molar-refractivity contribution in [3.8, 4) is 0 Å². The van der Waals surface area contributed by atoms with Crippen LogP contribution in [-0.2, 0) is 0 Å². The molecular formula is C14H20N4O. The van der Waals surface area contributed by atoms with Gasteiger partial charge in [-0.15, -0.1) is 0 Å². The van der Waals surface area contributed by atoms with Crippen molar-refractivity contribution >= 4 is 11.3 Å². The van der Waals surface area contributed by atoms with Crippen molar-refractivity contribution < 1.29 is 5.11 Å². The smallest absolute Gasteiger partial charge is 0.154 e. The first-order chi connectivity index (χ1) is 9.28. The number of rotatable bonds is 3. The first-order valence-electron chi connectivity index (χ1n) is 6.94. The third-order valence-electron chi connectivity index (χ3n) is 3.85. The second kappa shape index (κ2) is 5.17. The average molecular weight is 260 g/mol. The van der Waals surface area contributed by atoms with E-state index in [9.17, 15) is 0 Å². The number of aromatic nitrogens is 3. The molecule has 5 nitrogen and oxygen atoms in total. The minimum absolute atomic E-state index is 0.280. The van der Waals surface area contributed by atoms with Gasteiger partial charge >= 0.3 is 0 Å². The largest absolute Gasteiger partial charge is 0.396 e. The summed E-state index contributed by atoms with van der Waals surface area (Å²) in [6, 6.07) is 2.08. The van der Waals surface area contributed by atoms with E-state index in [2.05, 4.69) is 21.0 Å². The van der Waals surface area contributed by atoms with Crippen molar-refractivity contribution in [3.05, 3.63) is 24.2 Å². The molecule has 0 aliphatic carbocycles. The van der Waals surface area contributed by atoms with Crippen molar-refractivity contribution in [2.24, 2.45) is 5.92 Å². The van der Waals surface area contributed by atoms with Crippen molar-refractivity contribution in [2.75, 3.05) is 24.6 Å². The first kappa shape index (κ1) is 12.4. The van der Waals surface area contributed by atoms with E-state index in [0.717, 1.165) is 36.5 Å². The van der Waals surface area contributed by atoms with Gasteiger partial charge in [-0.3, -0.25) is 0 Å². The highest BCUT2D eigenvalue weighted by Gasteiger charge is 2.22. The third-order valence-corrected chi connectivity index (χ3v) is 3.85. The summed E-state index contributed by atoms with van der Waals surface area (Å²) in [7, 11) is 0. The van der Waals surface area contributed by atoms with Gasteiger partial charge in [-0.1, -0.05) is 0 Å². The molecule has 1 aliphatic rings. The molecule has 0 amide bonds. The average Bonchev–Trinajstić information content (AvgIpc) is 2.79. The van der Waals surface area contributed by atoms with Crippen LogP contribution in [0.4, 0.5) is 5.82 Å². The maximum Gasteiger partial charge on any atom is 0.154 e. The number of hydrogen-bond donors (Lipinski definition) is 1. The molecule has 3 rings (SSSR count). The van der Waals surface area contributed by atoms with Gasteiger partial charge in [-0.2, -0.15) is 5.10 Å². The van der Waals surface area contributed by atoms with Gasteiger partial charge in [0.25, 0.3) is 0 Å². The number of aliphatic hydroxyl groups excluding tert-OH is 1. The number of aliphatic hydroxyl groups is 1. The van der Waals surface area contributed by atoms with Crippen molar-refractivity contribution in [2.45, 2.75) is 26.2 Å². The number of anilines is 1. The summed E-state index contributed by atoms with van der Waals surface area (Å²) in [5, 5.41) is 13.5. The van der Waals surface area contributed by atoms with Gasteiger partial charge in [-0.25, -0.2) is 9.50 Å². The molecule has 1 saturated heterocycles. The molecule has 1 N–H and O–H groups in total. The quantitative estimate of drug-likeness (QED) is 0.911. The zero-order chi connectivity index (χ0) is 13.2. The highest BCUT2D eigenvalue weighted by atomic mass is 16.3. The molecular weight excluding hydrogens is 240 g/mol. The summed E-state index contributed by atoms with van der Waals surface area (Å²) in [4.78, 5) is 6.87. The molecule has 2 aromatic heterocycles. The monoisotopic (exact) mass is 260 g/mol. The standard InChI is InChI=1S/C14H20N4O/c1-11-9-13-14(15-5-7-18(13)16-11)17-6-2-3-12(10-17)4-8-19/h5,7,9,12,19H,2-4,6,8,10H2,1H3. The highest BCUT2D eigenvalue weighted by Crippen LogP contribution is 2.26. The minimum Gasteiger partial charge on any atom is -0.396 e. The molecule has 102 valence electrons. The summed E-state index contributed by atoms with van der Waals surface area (Å²) >= 11 is 0. The van der Waals surface area contributed by atoms with Crippen LogP contribution < -0.4 is 4.90 Å². The fraction of sp³-hybridized carbons (Fsp3) is 0.571. The van der Waals surface area contributed by atoms with Crippen LogP contribution in [0.1, 0.15) is 25.0 Å². The molecule has 1 aliphatic heterocycles. The van der Waals surface area contributed by atoms with Crippen LogP contribution in [0.2, 0.25) is 0 Å². The van der Waals surface area contributed by atoms with E-state index >= 15 is 0 Å². The lowest BCUT2D eigenvalue weighted by Crippen LogP contribution is -2.36. The molecule has 1 fully saturated rings. The van der Waals surface area contributed by atoms with E-state index in [1.54, 1.807) is 0 Å². The fourth-order valence-electron chi connectivity index (χ4n) is 2.95. The number of fused-ring (bicyclic) bond motifs is 1. The molecule has 0 radical (unpaired) electrons. The topological polar surface area (TPSA) is 53.7 Å². The second-order valence-electron chi connectivity index (χ2n) is 5.33. The Balaban J connectivity index is 1.90. The van der Waals surface area contributed by atoms with Crippen LogP contribution in [0, 0.1) is 12.8 Å². The molecule has 0 saturated carbocycles. The van der Waals surface area contributed by atoms with Gasteiger partial charge in [-0.05, 0) is 38.2 Å². The number of hydrogen-bond acceptors (Lipinski definition) is 4. The second-order valence-corrected chi connectivity index (χ2v) is 5.33. The normalized spacial score (nSPS) is 20.1. The van der Waals surface area contributed by atoms with Crippen LogP contribution >= 0.6 is 0 Å².